The number of ether oxygens (including phenoxy) is 3. The summed E-state index contributed by atoms with van der Waals surface area (Å²) in [6.45, 7) is 6.98. The van der Waals surface area contributed by atoms with E-state index in [1.807, 2.05) is 0 Å². The highest BCUT2D eigenvalue weighted by Crippen LogP contribution is 2.24. The summed E-state index contributed by atoms with van der Waals surface area (Å²) < 4.78 is 15.7. The molecule has 6 heteroatoms. The van der Waals surface area contributed by atoms with Gasteiger partial charge >= 0.3 is 0 Å². The Labute approximate surface area is 106 Å². The van der Waals surface area contributed by atoms with Crippen molar-refractivity contribution in [3.63, 3.8) is 0 Å². The number of hydrogen-bond donors (Lipinski definition) is 3. The Bertz CT molecular complexity index is 269. The van der Waals surface area contributed by atoms with Gasteiger partial charge in [0.15, 0.2) is 6.29 Å². The summed E-state index contributed by atoms with van der Waals surface area (Å²) in [5.41, 5.74) is 0. The predicted octanol–water partition coefficient (Wildman–Crippen LogP) is -0.801. The highest BCUT2D eigenvalue weighted by molar-refractivity contribution is 4.91. The molecule has 18 heavy (non-hydrogen) atoms. The quantitative estimate of drug-likeness (QED) is 0.519. The molecule has 0 aromatic carbocycles. The molecule has 0 aromatic heterocycles. The smallest absolute Gasteiger partial charge is 0.184 e. The molecule has 6 nitrogen and oxygen atoms in total. The van der Waals surface area contributed by atoms with Gasteiger partial charge in [0.2, 0.25) is 0 Å². The third-order valence-electron chi connectivity index (χ3n) is 2.63. The summed E-state index contributed by atoms with van der Waals surface area (Å²) in [4.78, 5) is 0. The zero-order valence-corrected chi connectivity index (χ0v) is 10.1. The maximum Gasteiger partial charge on any atom is 0.184 e. The second-order valence-electron chi connectivity index (χ2n) is 3.91. The lowest BCUT2D eigenvalue weighted by molar-refractivity contribution is -0.300. The Balaban J connectivity index is 2.71. The second-order valence-corrected chi connectivity index (χ2v) is 3.91. The summed E-state index contributed by atoms with van der Waals surface area (Å²) in [6, 6.07) is 0. The molecule has 0 bridgehead atoms. The van der Waals surface area contributed by atoms with E-state index in [2.05, 4.69) is 13.2 Å². The molecule has 1 fully saturated rings. The molecule has 0 saturated carbocycles. The van der Waals surface area contributed by atoms with Crippen molar-refractivity contribution < 1.29 is 29.5 Å². The van der Waals surface area contributed by atoms with Crippen LogP contribution in [0.1, 0.15) is 0 Å². The van der Waals surface area contributed by atoms with Crippen LogP contribution in [0.15, 0.2) is 25.3 Å². The van der Waals surface area contributed by atoms with Crippen molar-refractivity contribution in [3.8, 4) is 0 Å². The van der Waals surface area contributed by atoms with Crippen molar-refractivity contribution in [2.75, 3.05) is 19.8 Å². The lowest BCUT2D eigenvalue weighted by Gasteiger charge is -2.41. The van der Waals surface area contributed by atoms with Gasteiger partial charge in [-0.25, -0.2) is 0 Å². The Hall–Kier alpha value is -0.760. The summed E-state index contributed by atoms with van der Waals surface area (Å²) >= 11 is 0. The van der Waals surface area contributed by atoms with E-state index in [1.165, 1.54) is 12.2 Å². The molecule has 0 radical (unpaired) electrons. The molecule has 0 aliphatic carbocycles. The van der Waals surface area contributed by atoms with E-state index in [0.717, 1.165) is 0 Å². The largest absolute Gasteiger partial charge is 0.394 e. The Morgan fingerprint density at radius 2 is 1.61 bits per heavy atom. The number of aliphatic hydroxyl groups excluding tert-OH is 3. The van der Waals surface area contributed by atoms with E-state index in [9.17, 15) is 10.2 Å². The van der Waals surface area contributed by atoms with Crippen LogP contribution in [0.25, 0.3) is 0 Å². The first kappa shape index (κ1) is 15.3. The Kier molecular flexibility index (Phi) is 6.48. The van der Waals surface area contributed by atoms with Crippen LogP contribution in [-0.4, -0.2) is 65.8 Å². The third-order valence-corrected chi connectivity index (χ3v) is 2.63. The fourth-order valence-electron chi connectivity index (χ4n) is 1.80. The minimum absolute atomic E-state index is 0.167. The first-order valence-corrected chi connectivity index (χ1v) is 5.73. The third kappa shape index (κ3) is 3.61. The van der Waals surface area contributed by atoms with Crippen LogP contribution in [0.2, 0.25) is 0 Å². The van der Waals surface area contributed by atoms with Gasteiger partial charge in [0.1, 0.15) is 24.4 Å². The predicted molar refractivity (Wildman–Crippen MR) is 63.8 cm³/mol. The van der Waals surface area contributed by atoms with E-state index >= 15 is 0 Å². The molecule has 104 valence electrons. The normalized spacial score (nSPS) is 36.3. The Morgan fingerprint density at radius 1 is 1.06 bits per heavy atom. The summed E-state index contributed by atoms with van der Waals surface area (Å²) in [5, 5.41) is 28.9. The molecule has 1 aliphatic heterocycles. The summed E-state index contributed by atoms with van der Waals surface area (Å²) in [7, 11) is 0. The average Bonchev–Trinajstić information content (AvgIpc) is 2.37. The van der Waals surface area contributed by atoms with Crippen molar-refractivity contribution in [3.05, 3.63) is 25.3 Å². The van der Waals surface area contributed by atoms with Gasteiger partial charge in [-0.15, -0.1) is 13.2 Å². The number of aliphatic hydroxyl groups is 3. The molecule has 0 amide bonds. The lowest BCUT2D eigenvalue weighted by Crippen LogP contribution is -2.60. The van der Waals surface area contributed by atoms with E-state index in [0.29, 0.717) is 0 Å². The summed E-state index contributed by atoms with van der Waals surface area (Å²) in [6.07, 6.45) is -1.94. The number of hydrogen-bond acceptors (Lipinski definition) is 6. The SMILES string of the molecule is C=CCOC1C(O)[C@@H](OCC=C)C(O)O[C@@H]1CO. The van der Waals surface area contributed by atoms with Gasteiger partial charge in [-0.2, -0.15) is 0 Å². The molecule has 1 aliphatic rings. The molecule has 0 aromatic rings. The lowest BCUT2D eigenvalue weighted by atomic mass is 9.99. The van der Waals surface area contributed by atoms with E-state index in [1.54, 1.807) is 0 Å². The topological polar surface area (TPSA) is 88.4 Å². The van der Waals surface area contributed by atoms with Gasteiger partial charge in [-0.3, -0.25) is 0 Å². The highest BCUT2D eigenvalue weighted by Gasteiger charge is 2.45. The van der Waals surface area contributed by atoms with Gasteiger partial charge in [-0.1, -0.05) is 12.2 Å². The fraction of sp³-hybridized carbons (Fsp3) is 0.667. The van der Waals surface area contributed by atoms with Crippen LogP contribution < -0.4 is 0 Å². The van der Waals surface area contributed by atoms with Crippen LogP contribution in [-0.2, 0) is 14.2 Å². The monoisotopic (exact) mass is 260 g/mol. The van der Waals surface area contributed by atoms with Crippen LogP contribution in [0.4, 0.5) is 0 Å². The zero-order valence-electron chi connectivity index (χ0n) is 10.1. The van der Waals surface area contributed by atoms with E-state index < -0.39 is 30.7 Å². The van der Waals surface area contributed by atoms with Gasteiger partial charge in [0, 0.05) is 0 Å². The van der Waals surface area contributed by atoms with Crippen LogP contribution in [0.3, 0.4) is 0 Å². The summed E-state index contributed by atoms with van der Waals surface area (Å²) in [5.74, 6) is 0. The molecule has 1 rings (SSSR count). The minimum Gasteiger partial charge on any atom is -0.394 e. The van der Waals surface area contributed by atoms with Crippen LogP contribution in [0, 0.1) is 0 Å². The van der Waals surface area contributed by atoms with Crippen molar-refractivity contribution in [2.45, 2.75) is 30.7 Å². The Morgan fingerprint density at radius 3 is 2.11 bits per heavy atom. The molecule has 3 unspecified atom stereocenters. The molecule has 5 atom stereocenters. The van der Waals surface area contributed by atoms with Crippen LogP contribution in [0.5, 0.6) is 0 Å². The second kappa shape index (κ2) is 7.63. The molecule has 3 N–H and O–H groups in total. The standard InChI is InChI=1S/C12H20O6/c1-3-5-16-10-8(7-13)18-12(15)11(9(10)14)17-6-4-2/h3-4,8-15H,1-2,5-7H2/t8-,9?,10?,11-,12?/m1/s1. The van der Waals surface area contributed by atoms with Crippen molar-refractivity contribution in [2.24, 2.45) is 0 Å². The van der Waals surface area contributed by atoms with Gasteiger partial charge in [0.05, 0.1) is 19.8 Å². The van der Waals surface area contributed by atoms with Crippen molar-refractivity contribution in [1.82, 2.24) is 0 Å². The molecular formula is C12H20O6. The molecule has 0 spiro atoms. The van der Waals surface area contributed by atoms with Crippen molar-refractivity contribution >= 4 is 0 Å². The average molecular weight is 260 g/mol. The first-order chi connectivity index (χ1) is 8.65. The molecule has 1 heterocycles. The van der Waals surface area contributed by atoms with Gasteiger partial charge < -0.3 is 29.5 Å². The maximum absolute atomic E-state index is 10.1. The van der Waals surface area contributed by atoms with Crippen molar-refractivity contribution in [1.29, 1.82) is 0 Å². The van der Waals surface area contributed by atoms with E-state index in [4.69, 9.17) is 19.3 Å². The molecular weight excluding hydrogens is 240 g/mol. The van der Waals surface area contributed by atoms with E-state index in [-0.39, 0.29) is 19.8 Å². The highest BCUT2D eigenvalue weighted by atomic mass is 16.7. The van der Waals surface area contributed by atoms with Crippen LogP contribution >= 0.6 is 0 Å². The number of rotatable bonds is 7. The first-order valence-electron chi connectivity index (χ1n) is 5.73. The fourth-order valence-corrected chi connectivity index (χ4v) is 1.80. The van der Waals surface area contributed by atoms with Gasteiger partial charge in [0.25, 0.3) is 0 Å². The molecule has 1 saturated heterocycles. The van der Waals surface area contributed by atoms with Gasteiger partial charge in [-0.05, 0) is 0 Å². The zero-order chi connectivity index (χ0) is 13.5. The minimum atomic E-state index is -1.32. The maximum atomic E-state index is 10.1.